The highest BCUT2D eigenvalue weighted by atomic mass is 79.9. The molecule has 1 aromatic rings. The Hall–Kier alpha value is 0.0900. The van der Waals surface area contributed by atoms with E-state index in [4.69, 9.17) is 0 Å². The summed E-state index contributed by atoms with van der Waals surface area (Å²) in [6.45, 7) is 6.28. The van der Waals surface area contributed by atoms with E-state index >= 15 is 0 Å². The number of rotatable bonds is 7. The predicted molar refractivity (Wildman–Crippen MR) is 93.7 cm³/mol. The van der Waals surface area contributed by atoms with Crippen molar-refractivity contribution in [3.05, 3.63) is 20.8 Å². The van der Waals surface area contributed by atoms with Crippen LogP contribution in [-0.4, -0.2) is 33.0 Å². The summed E-state index contributed by atoms with van der Waals surface area (Å²) in [6.07, 6.45) is 1.78. The Morgan fingerprint density at radius 3 is 2.71 bits per heavy atom. The lowest BCUT2D eigenvalue weighted by atomic mass is 9.88. The predicted octanol–water partition coefficient (Wildman–Crippen LogP) is 3.35. The summed E-state index contributed by atoms with van der Waals surface area (Å²) in [7, 11) is -2.81. The minimum Gasteiger partial charge on any atom is -0.316 e. The molecule has 1 aromatic heterocycles. The molecular formula is C15H24BrNO2S2. The van der Waals surface area contributed by atoms with Crippen molar-refractivity contribution in [2.75, 3.05) is 24.6 Å². The largest absolute Gasteiger partial charge is 0.316 e. The molecule has 2 unspecified atom stereocenters. The lowest BCUT2D eigenvalue weighted by molar-refractivity contribution is 0.338. The van der Waals surface area contributed by atoms with Gasteiger partial charge in [0.25, 0.3) is 0 Å². The molecule has 1 aliphatic rings. The molecule has 0 amide bonds. The number of sulfone groups is 1. The molecule has 21 heavy (non-hydrogen) atoms. The minimum atomic E-state index is -2.81. The standard InChI is InChI=1S/C15H24BrNO2S2/c1-11(2)8-17-9-13(7-15-14(16)3-5-20-15)12-4-6-21(18,19)10-12/h3,5,11-13,17H,4,6-10H2,1-2H3. The maximum absolute atomic E-state index is 11.8. The van der Waals surface area contributed by atoms with E-state index < -0.39 is 9.84 Å². The summed E-state index contributed by atoms with van der Waals surface area (Å²) in [6, 6.07) is 2.07. The quantitative estimate of drug-likeness (QED) is 0.772. The van der Waals surface area contributed by atoms with Gasteiger partial charge in [-0.3, -0.25) is 0 Å². The number of hydrogen-bond acceptors (Lipinski definition) is 4. The van der Waals surface area contributed by atoms with Crippen LogP contribution in [0.25, 0.3) is 0 Å². The first-order valence-corrected chi connectivity index (χ1v) is 11.0. The molecule has 0 saturated carbocycles. The van der Waals surface area contributed by atoms with Crippen molar-refractivity contribution in [2.24, 2.45) is 17.8 Å². The van der Waals surface area contributed by atoms with E-state index in [0.717, 1.165) is 30.4 Å². The summed E-state index contributed by atoms with van der Waals surface area (Å²) in [5.74, 6) is 2.04. The van der Waals surface area contributed by atoms with Crippen LogP contribution in [0.3, 0.4) is 0 Å². The Balaban J connectivity index is 2.01. The molecule has 120 valence electrons. The Bertz CT molecular complexity index is 554. The van der Waals surface area contributed by atoms with Gasteiger partial charge >= 0.3 is 0 Å². The second kappa shape index (κ2) is 7.57. The SMILES string of the molecule is CC(C)CNCC(Cc1sccc1Br)C1CCS(=O)(=O)C1. The van der Waals surface area contributed by atoms with Gasteiger partial charge in [-0.1, -0.05) is 13.8 Å². The highest BCUT2D eigenvalue weighted by molar-refractivity contribution is 9.10. The molecule has 3 nitrogen and oxygen atoms in total. The average Bonchev–Trinajstić information content (AvgIpc) is 2.94. The Morgan fingerprint density at radius 1 is 1.43 bits per heavy atom. The molecular weight excluding hydrogens is 370 g/mol. The van der Waals surface area contributed by atoms with Crippen molar-refractivity contribution in [1.29, 1.82) is 0 Å². The van der Waals surface area contributed by atoms with Crippen LogP contribution in [0.15, 0.2) is 15.9 Å². The molecule has 1 aliphatic heterocycles. The van der Waals surface area contributed by atoms with Gasteiger partial charge in [-0.25, -0.2) is 8.42 Å². The molecule has 0 radical (unpaired) electrons. The molecule has 1 saturated heterocycles. The molecule has 0 bridgehead atoms. The van der Waals surface area contributed by atoms with Crippen molar-refractivity contribution >= 4 is 37.1 Å². The van der Waals surface area contributed by atoms with Crippen molar-refractivity contribution < 1.29 is 8.42 Å². The fourth-order valence-electron chi connectivity index (χ4n) is 2.87. The minimum absolute atomic E-state index is 0.295. The third-order valence-electron chi connectivity index (χ3n) is 4.03. The van der Waals surface area contributed by atoms with Crippen LogP contribution in [0.2, 0.25) is 0 Å². The van der Waals surface area contributed by atoms with Crippen LogP contribution in [0.5, 0.6) is 0 Å². The van der Waals surface area contributed by atoms with Crippen molar-refractivity contribution in [3.63, 3.8) is 0 Å². The van der Waals surface area contributed by atoms with E-state index in [2.05, 4.69) is 46.5 Å². The second-order valence-electron chi connectivity index (χ2n) is 6.37. The zero-order valence-corrected chi connectivity index (χ0v) is 15.9. The third-order valence-corrected chi connectivity index (χ3v) is 7.77. The fourth-order valence-corrected chi connectivity index (χ4v) is 6.40. The van der Waals surface area contributed by atoms with Crippen LogP contribution < -0.4 is 5.32 Å². The van der Waals surface area contributed by atoms with E-state index in [0.29, 0.717) is 29.3 Å². The van der Waals surface area contributed by atoms with Gasteiger partial charge < -0.3 is 5.32 Å². The smallest absolute Gasteiger partial charge is 0.150 e. The first kappa shape index (κ1) is 17.4. The van der Waals surface area contributed by atoms with E-state index in [1.54, 1.807) is 11.3 Å². The first-order chi connectivity index (χ1) is 9.87. The van der Waals surface area contributed by atoms with E-state index in [1.165, 1.54) is 4.88 Å². The molecule has 2 rings (SSSR count). The summed E-state index contributed by atoms with van der Waals surface area (Å²) >= 11 is 5.34. The molecule has 0 aliphatic carbocycles. The molecule has 1 N–H and O–H groups in total. The van der Waals surface area contributed by atoms with Gasteiger partial charge in [0.15, 0.2) is 9.84 Å². The Morgan fingerprint density at radius 2 is 2.19 bits per heavy atom. The summed E-state index contributed by atoms with van der Waals surface area (Å²) in [5, 5.41) is 5.60. The molecule has 0 aromatic carbocycles. The summed E-state index contributed by atoms with van der Waals surface area (Å²) in [5.41, 5.74) is 0. The zero-order chi connectivity index (χ0) is 15.5. The number of thiophene rings is 1. The van der Waals surface area contributed by atoms with Gasteiger partial charge in [0.2, 0.25) is 0 Å². The van der Waals surface area contributed by atoms with E-state index in [-0.39, 0.29) is 0 Å². The maximum Gasteiger partial charge on any atom is 0.150 e. The van der Waals surface area contributed by atoms with Gasteiger partial charge in [-0.05, 0) is 71.1 Å². The lowest BCUT2D eigenvalue weighted by Gasteiger charge is -2.23. The lowest BCUT2D eigenvalue weighted by Crippen LogP contribution is -2.32. The molecule has 2 atom stereocenters. The van der Waals surface area contributed by atoms with Crippen molar-refractivity contribution in [1.82, 2.24) is 5.32 Å². The molecule has 6 heteroatoms. The van der Waals surface area contributed by atoms with Gasteiger partial charge in [0.05, 0.1) is 11.5 Å². The average molecular weight is 394 g/mol. The second-order valence-corrected chi connectivity index (χ2v) is 10.5. The van der Waals surface area contributed by atoms with Gasteiger partial charge in [-0.2, -0.15) is 0 Å². The number of nitrogens with one attached hydrogen (secondary N) is 1. The van der Waals surface area contributed by atoms with Gasteiger partial charge in [0.1, 0.15) is 0 Å². The molecule has 1 fully saturated rings. The Labute approximate surface area is 140 Å². The van der Waals surface area contributed by atoms with Crippen LogP contribution in [0, 0.1) is 17.8 Å². The normalized spacial score (nSPS) is 22.8. The van der Waals surface area contributed by atoms with Crippen LogP contribution in [-0.2, 0) is 16.3 Å². The highest BCUT2D eigenvalue weighted by Gasteiger charge is 2.33. The zero-order valence-electron chi connectivity index (χ0n) is 12.6. The maximum atomic E-state index is 11.8. The van der Waals surface area contributed by atoms with Gasteiger partial charge in [-0.15, -0.1) is 11.3 Å². The monoisotopic (exact) mass is 393 g/mol. The summed E-state index contributed by atoms with van der Waals surface area (Å²) < 4.78 is 24.7. The summed E-state index contributed by atoms with van der Waals surface area (Å²) in [4.78, 5) is 1.33. The van der Waals surface area contributed by atoms with Gasteiger partial charge in [0, 0.05) is 9.35 Å². The van der Waals surface area contributed by atoms with Crippen molar-refractivity contribution in [3.8, 4) is 0 Å². The highest BCUT2D eigenvalue weighted by Crippen LogP contribution is 2.32. The van der Waals surface area contributed by atoms with Crippen molar-refractivity contribution in [2.45, 2.75) is 26.7 Å². The number of halogens is 1. The van der Waals surface area contributed by atoms with Crippen LogP contribution in [0.4, 0.5) is 0 Å². The fraction of sp³-hybridized carbons (Fsp3) is 0.733. The van der Waals surface area contributed by atoms with Crippen LogP contribution >= 0.6 is 27.3 Å². The van der Waals surface area contributed by atoms with E-state index in [9.17, 15) is 8.42 Å². The number of hydrogen-bond donors (Lipinski definition) is 1. The molecule has 2 heterocycles. The Kier molecular flexibility index (Phi) is 6.29. The van der Waals surface area contributed by atoms with Crippen LogP contribution in [0.1, 0.15) is 25.1 Å². The third kappa shape index (κ3) is 5.34. The topological polar surface area (TPSA) is 46.2 Å². The molecule has 0 spiro atoms. The first-order valence-electron chi connectivity index (χ1n) is 7.50. The van der Waals surface area contributed by atoms with E-state index in [1.807, 2.05) is 0 Å².